The number of nitro benzene ring substituents is 1. The van der Waals surface area contributed by atoms with Crippen LogP contribution in [0, 0.1) is 10.1 Å². The zero-order chi connectivity index (χ0) is 17.0. The summed E-state index contributed by atoms with van der Waals surface area (Å²) in [5, 5.41) is 11.2. The SMILES string of the molecule is CCCOC1=C(OCCC)C(=O)c2c(cccc2[N+](=O)[O-])C1=O. The number of hydrogen-bond acceptors (Lipinski definition) is 6. The van der Waals surface area contributed by atoms with Gasteiger partial charge in [-0.05, 0) is 18.9 Å². The molecule has 0 saturated carbocycles. The maximum Gasteiger partial charge on any atom is 0.281 e. The van der Waals surface area contributed by atoms with Gasteiger partial charge < -0.3 is 9.47 Å². The normalized spacial score (nSPS) is 13.8. The Balaban J connectivity index is 2.58. The zero-order valence-electron chi connectivity index (χ0n) is 13.0. The Labute approximate surface area is 133 Å². The van der Waals surface area contributed by atoms with Gasteiger partial charge in [0.05, 0.1) is 18.1 Å². The third kappa shape index (κ3) is 3.08. The number of hydrogen-bond donors (Lipinski definition) is 0. The van der Waals surface area contributed by atoms with Crippen LogP contribution in [0.25, 0.3) is 0 Å². The number of Topliss-reactive ketones (excluding diaryl/α,β-unsaturated/α-hetero) is 2. The summed E-state index contributed by atoms with van der Waals surface area (Å²) < 4.78 is 10.8. The minimum atomic E-state index is -0.688. The molecular formula is C16H17NO6. The van der Waals surface area contributed by atoms with E-state index < -0.39 is 22.2 Å². The second kappa shape index (κ2) is 7.04. The third-order valence-electron chi connectivity index (χ3n) is 3.23. The van der Waals surface area contributed by atoms with E-state index in [1.807, 2.05) is 13.8 Å². The Morgan fingerprint density at radius 1 is 1.00 bits per heavy atom. The molecule has 7 nitrogen and oxygen atoms in total. The van der Waals surface area contributed by atoms with Crippen LogP contribution in [0.1, 0.15) is 47.4 Å². The molecule has 0 radical (unpaired) electrons. The number of ether oxygens (including phenoxy) is 2. The maximum atomic E-state index is 12.6. The van der Waals surface area contributed by atoms with Gasteiger partial charge in [-0.2, -0.15) is 0 Å². The lowest BCUT2D eigenvalue weighted by Gasteiger charge is -2.20. The molecule has 0 bridgehead atoms. The van der Waals surface area contributed by atoms with Crippen molar-refractivity contribution in [3.05, 3.63) is 51.0 Å². The predicted molar refractivity (Wildman–Crippen MR) is 81.3 cm³/mol. The van der Waals surface area contributed by atoms with E-state index in [-0.39, 0.29) is 35.9 Å². The van der Waals surface area contributed by atoms with Crippen molar-refractivity contribution < 1.29 is 24.0 Å². The first-order valence-corrected chi connectivity index (χ1v) is 7.39. The summed E-state index contributed by atoms with van der Waals surface area (Å²) in [4.78, 5) is 35.7. The van der Waals surface area contributed by atoms with Crippen molar-refractivity contribution in [2.75, 3.05) is 13.2 Å². The summed E-state index contributed by atoms with van der Waals surface area (Å²) in [7, 11) is 0. The Kier molecular flexibility index (Phi) is 5.10. The van der Waals surface area contributed by atoms with Crippen LogP contribution in [0.4, 0.5) is 5.69 Å². The number of carbonyl (C=O) groups is 2. The average molecular weight is 319 g/mol. The first kappa shape index (κ1) is 16.7. The average Bonchev–Trinajstić information content (AvgIpc) is 2.55. The number of allylic oxidation sites excluding steroid dienone is 2. The summed E-state index contributed by atoms with van der Waals surface area (Å²) in [6.07, 6.45) is 1.27. The van der Waals surface area contributed by atoms with Gasteiger partial charge in [-0.3, -0.25) is 19.7 Å². The maximum absolute atomic E-state index is 12.6. The molecule has 7 heteroatoms. The fourth-order valence-electron chi connectivity index (χ4n) is 2.23. The lowest BCUT2D eigenvalue weighted by atomic mass is 9.90. The molecule has 1 aromatic rings. The number of benzene rings is 1. The molecule has 0 fully saturated rings. The molecule has 0 spiro atoms. The van der Waals surface area contributed by atoms with Crippen LogP contribution in [0.2, 0.25) is 0 Å². The summed E-state index contributed by atoms with van der Waals surface area (Å²) in [5.74, 6) is -1.67. The summed E-state index contributed by atoms with van der Waals surface area (Å²) in [6.45, 7) is 4.17. The van der Waals surface area contributed by atoms with Crippen LogP contribution < -0.4 is 0 Å². The summed E-state index contributed by atoms with van der Waals surface area (Å²) in [6, 6.07) is 3.95. The van der Waals surface area contributed by atoms with E-state index in [4.69, 9.17) is 9.47 Å². The molecule has 0 unspecified atom stereocenters. The van der Waals surface area contributed by atoms with E-state index in [2.05, 4.69) is 0 Å². The highest BCUT2D eigenvalue weighted by atomic mass is 16.6. The minimum absolute atomic E-state index is 0.0286. The third-order valence-corrected chi connectivity index (χ3v) is 3.23. The molecule has 23 heavy (non-hydrogen) atoms. The number of ketones is 2. The van der Waals surface area contributed by atoms with Crippen LogP contribution in [-0.2, 0) is 9.47 Å². The molecule has 0 saturated heterocycles. The fraction of sp³-hybridized carbons (Fsp3) is 0.375. The topological polar surface area (TPSA) is 95.7 Å². The van der Waals surface area contributed by atoms with E-state index in [0.717, 1.165) is 0 Å². The quantitative estimate of drug-likeness (QED) is 0.566. The number of fused-ring (bicyclic) bond motifs is 1. The molecule has 0 N–H and O–H groups in total. The Hall–Kier alpha value is -2.70. The molecular weight excluding hydrogens is 302 g/mol. The Morgan fingerprint density at radius 3 is 2.09 bits per heavy atom. The molecule has 0 aliphatic heterocycles. The molecule has 2 rings (SSSR count). The second-order valence-corrected chi connectivity index (χ2v) is 4.97. The van der Waals surface area contributed by atoms with E-state index >= 15 is 0 Å². The Bertz CT molecular complexity index is 692. The van der Waals surface area contributed by atoms with Crippen molar-refractivity contribution in [2.45, 2.75) is 26.7 Å². The largest absolute Gasteiger partial charge is 0.486 e. The highest BCUT2D eigenvalue weighted by molar-refractivity contribution is 6.26. The molecule has 1 aromatic carbocycles. The van der Waals surface area contributed by atoms with Gasteiger partial charge in [-0.15, -0.1) is 0 Å². The summed E-state index contributed by atoms with van der Waals surface area (Å²) >= 11 is 0. The molecule has 0 heterocycles. The fourth-order valence-corrected chi connectivity index (χ4v) is 2.23. The highest BCUT2D eigenvalue weighted by Gasteiger charge is 2.39. The smallest absolute Gasteiger partial charge is 0.281 e. The van der Waals surface area contributed by atoms with Gasteiger partial charge in [-0.25, -0.2) is 0 Å². The van der Waals surface area contributed by atoms with Crippen LogP contribution >= 0.6 is 0 Å². The second-order valence-electron chi connectivity index (χ2n) is 4.97. The molecule has 0 aromatic heterocycles. The minimum Gasteiger partial charge on any atom is -0.486 e. The first-order chi connectivity index (χ1) is 11.0. The van der Waals surface area contributed by atoms with Crippen LogP contribution in [0.3, 0.4) is 0 Å². The van der Waals surface area contributed by atoms with Crippen molar-refractivity contribution in [1.82, 2.24) is 0 Å². The van der Waals surface area contributed by atoms with Crippen LogP contribution in [0.15, 0.2) is 29.7 Å². The lowest BCUT2D eigenvalue weighted by molar-refractivity contribution is -0.385. The standard InChI is InChI=1S/C16H17NO6/c1-3-8-22-15-13(18)10-6-5-7-11(17(20)21)12(10)14(19)16(15)23-9-4-2/h5-7H,3-4,8-9H2,1-2H3. The van der Waals surface area contributed by atoms with Gasteiger partial charge >= 0.3 is 0 Å². The van der Waals surface area contributed by atoms with Crippen molar-refractivity contribution in [3.8, 4) is 0 Å². The van der Waals surface area contributed by atoms with Crippen molar-refractivity contribution in [2.24, 2.45) is 0 Å². The molecule has 1 aliphatic carbocycles. The zero-order valence-corrected chi connectivity index (χ0v) is 13.0. The molecule has 0 amide bonds. The predicted octanol–water partition coefficient (Wildman–Crippen LogP) is 3.04. The van der Waals surface area contributed by atoms with E-state index in [1.54, 1.807) is 0 Å². The first-order valence-electron chi connectivity index (χ1n) is 7.39. The number of carbonyl (C=O) groups excluding carboxylic acids is 2. The summed E-state index contributed by atoms with van der Waals surface area (Å²) in [5.41, 5.74) is -0.676. The van der Waals surface area contributed by atoms with Crippen LogP contribution in [-0.4, -0.2) is 29.7 Å². The lowest BCUT2D eigenvalue weighted by Crippen LogP contribution is -2.26. The molecule has 122 valence electrons. The van der Waals surface area contributed by atoms with Crippen molar-refractivity contribution in [3.63, 3.8) is 0 Å². The number of nitro groups is 1. The highest BCUT2D eigenvalue weighted by Crippen LogP contribution is 2.33. The van der Waals surface area contributed by atoms with E-state index in [0.29, 0.717) is 12.8 Å². The number of nitrogens with zero attached hydrogens (tertiary/aromatic N) is 1. The van der Waals surface area contributed by atoms with Gasteiger partial charge in [0.15, 0.2) is 0 Å². The van der Waals surface area contributed by atoms with Gasteiger partial charge in [0, 0.05) is 11.6 Å². The monoisotopic (exact) mass is 319 g/mol. The Morgan fingerprint density at radius 2 is 1.57 bits per heavy atom. The van der Waals surface area contributed by atoms with Gasteiger partial charge in [0.1, 0.15) is 5.56 Å². The van der Waals surface area contributed by atoms with Crippen LogP contribution in [0.5, 0.6) is 0 Å². The number of rotatable bonds is 7. The van der Waals surface area contributed by atoms with Gasteiger partial charge in [0.25, 0.3) is 5.69 Å². The van der Waals surface area contributed by atoms with E-state index in [1.165, 1.54) is 18.2 Å². The van der Waals surface area contributed by atoms with Gasteiger partial charge in [0.2, 0.25) is 23.1 Å². The molecule has 1 aliphatic rings. The van der Waals surface area contributed by atoms with Crippen molar-refractivity contribution >= 4 is 17.3 Å². The van der Waals surface area contributed by atoms with Crippen molar-refractivity contribution in [1.29, 1.82) is 0 Å². The molecule has 0 atom stereocenters. The van der Waals surface area contributed by atoms with Gasteiger partial charge in [-0.1, -0.05) is 19.9 Å². The van der Waals surface area contributed by atoms with E-state index in [9.17, 15) is 19.7 Å².